The number of dihydropyridines is 1. The smallest absolute Gasteiger partial charge is 0.0707 e. The van der Waals surface area contributed by atoms with Gasteiger partial charge in [-0.3, -0.25) is 0 Å². The molecule has 1 unspecified atom stereocenters. The molecule has 2 heteroatoms. The second-order valence-corrected chi connectivity index (χ2v) is 11.2. The minimum atomic E-state index is 0.115. The highest BCUT2D eigenvalue weighted by Crippen LogP contribution is 2.32. The largest absolute Gasteiger partial charge is 0.398 e. The molecule has 3 N–H and O–H groups in total. The van der Waals surface area contributed by atoms with E-state index < -0.39 is 0 Å². The molecule has 0 saturated carbocycles. The van der Waals surface area contributed by atoms with E-state index in [0.29, 0.717) is 6.42 Å². The van der Waals surface area contributed by atoms with Crippen molar-refractivity contribution in [2.75, 3.05) is 0 Å². The summed E-state index contributed by atoms with van der Waals surface area (Å²) >= 11 is 0. The third-order valence-electron chi connectivity index (χ3n) is 8.10. The summed E-state index contributed by atoms with van der Waals surface area (Å²) in [5.41, 5.74) is 19.8. The van der Waals surface area contributed by atoms with Crippen molar-refractivity contribution in [3.8, 4) is 11.1 Å². The fourth-order valence-corrected chi connectivity index (χ4v) is 5.19. The first kappa shape index (κ1) is 36.4. The van der Waals surface area contributed by atoms with Gasteiger partial charge in [0.25, 0.3) is 0 Å². The van der Waals surface area contributed by atoms with Crippen LogP contribution in [0.5, 0.6) is 0 Å². The fourth-order valence-electron chi connectivity index (χ4n) is 5.19. The number of benzene rings is 3. The second-order valence-electron chi connectivity index (χ2n) is 11.2. The summed E-state index contributed by atoms with van der Waals surface area (Å²) in [6, 6.07) is 28.3. The van der Waals surface area contributed by atoms with Crippen molar-refractivity contribution in [1.29, 1.82) is 0 Å². The molecule has 1 aliphatic heterocycles. The average Bonchev–Trinajstić information content (AvgIpc) is 3.14. The highest BCUT2D eigenvalue weighted by molar-refractivity contribution is 5.80. The summed E-state index contributed by atoms with van der Waals surface area (Å²) < 4.78 is 0. The Morgan fingerprint density at radius 3 is 2.06 bits per heavy atom. The minimum Gasteiger partial charge on any atom is -0.398 e. The van der Waals surface area contributed by atoms with Crippen LogP contribution >= 0.6 is 0 Å². The molecule has 0 aromatic heterocycles. The lowest BCUT2D eigenvalue weighted by Crippen LogP contribution is -2.23. The van der Waals surface area contributed by atoms with Gasteiger partial charge in [0.15, 0.2) is 0 Å². The Hall–Kier alpha value is -5.08. The first-order valence-electron chi connectivity index (χ1n) is 16.8. The zero-order valence-electron chi connectivity index (χ0n) is 29.2. The van der Waals surface area contributed by atoms with E-state index in [-0.39, 0.29) is 6.04 Å². The van der Waals surface area contributed by atoms with Crippen LogP contribution in [-0.2, 0) is 0 Å². The highest BCUT2D eigenvalue weighted by Gasteiger charge is 2.17. The molecular formula is C45H52N2. The Labute approximate surface area is 284 Å². The Morgan fingerprint density at radius 1 is 0.872 bits per heavy atom. The first-order valence-corrected chi connectivity index (χ1v) is 16.8. The van der Waals surface area contributed by atoms with Crippen molar-refractivity contribution in [2.24, 2.45) is 5.73 Å². The van der Waals surface area contributed by atoms with Gasteiger partial charge in [-0.2, -0.15) is 0 Å². The summed E-state index contributed by atoms with van der Waals surface area (Å²) in [6.45, 7) is 20.3. The van der Waals surface area contributed by atoms with Crippen LogP contribution in [0.2, 0.25) is 0 Å². The Morgan fingerprint density at radius 2 is 1.49 bits per heavy atom. The van der Waals surface area contributed by atoms with E-state index in [2.05, 4.69) is 161 Å². The van der Waals surface area contributed by atoms with Crippen LogP contribution in [0, 0.1) is 0 Å². The molecule has 4 rings (SSSR count). The number of rotatable bonds is 12. The van der Waals surface area contributed by atoms with E-state index in [1.54, 1.807) is 6.08 Å². The Bertz CT molecular complexity index is 1700. The third kappa shape index (κ3) is 10.2. The summed E-state index contributed by atoms with van der Waals surface area (Å²) in [5.74, 6) is 0. The van der Waals surface area contributed by atoms with Gasteiger partial charge in [0.05, 0.1) is 6.04 Å². The zero-order valence-corrected chi connectivity index (χ0v) is 29.2. The molecule has 3 aromatic rings. The average molecular weight is 621 g/mol. The standard InChI is InChI=1S/C43H46N2.C2H6/c1-7-11-15-33(10-4)41(44)28-39(19-18-31(5)8-2)36-24-20-34(21-25-36)35-22-26-37(27-23-35)40-29-42(32(6)9-3)45-43(30-40)38-16-13-12-14-17-38;1-2/h8-17,19-30,43,45H,2,5,7,18,44H2,1,3-4,6H3;1-2H3/b15-11-,32-9+,33-10+,39-19+,41-28-;. The molecule has 0 saturated heterocycles. The Kier molecular flexibility index (Phi) is 14.5. The van der Waals surface area contributed by atoms with Gasteiger partial charge in [0.1, 0.15) is 0 Å². The highest BCUT2D eigenvalue weighted by atomic mass is 14.9. The molecule has 242 valence electrons. The van der Waals surface area contributed by atoms with Crippen molar-refractivity contribution in [3.05, 3.63) is 192 Å². The van der Waals surface area contributed by atoms with Gasteiger partial charge in [-0.25, -0.2) is 0 Å². The van der Waals surface area contributed by atoms with Gasteiger partial charge in [-0.15, -0.1) is 0 Å². The first-order chi connectivity index (χ1) is 22.9. The molecule has 0 aliphatic carbocycles. The Balaban J connectivity index is 0.00000294. The van der Waals surface area contributed by atoms with E-state index in [1.807, 2.05) is 26.8 Å². The monoisotopic (exact) mass is 620 g/mol. The maximum Gasteiger partial charge on any atom is 0.0707 e. The normalized spacial score (nSPS) is 15.7. The molecule has 1 atom stereocenters. The van der Waals surface area contributed by atoms with Crippen LogP contribution in [0.15, 0.2) is 175 Å². The third-order valence-corrected chi connectivity index (χ3v) is 8.10. The van der Waals surface area contributed by atoms with Crippen LogP contribution in [0.1, 0.15) is 77.1 Å². The van der Waals surface area contributed by atoms with Gasteiger partial charge in [0.2, 0.25) is 0 Å². The minimum absolute atomic E-state index is 0.115. The van der Waals surface area contributed by atoms with Gasteiger partial charge in [0, 0.05) is 11.4 Å². The summed E-state index contributed by atoms with van der Waals surface area (Å²) in [7, 11) is 0. The van der Waals surface area contributed by atoms with Crippen molar-refractivity contribution in [1.82, 2.24) is 5.32 Å². The van der Waals surface area contributed by atoms with Gasteiger partial charge >= 0.3 is 0 Å². The van der Waals surface area contributed by atoms with Crippen molar-refractivity contribution >= 4 is 11.1 Å². The van der Waals surface area contributed by atoms with Gasteiger partial charge in [-0.1, -0.05) is 155 Å². The maximum absolute atomic E-state index is 6.56. The predicted octanol–water partition coefficient (Wildman–Crippen LogP) is 12.2. The van der Waals surface area contributed by atoms with Gasteiger partial charge < -0.3 is 11.1 Å². The lowest BCUT2D eigenvalue weighted by Gasteiger charge is -2.26. The van der Waals surface area contributed by atoms with Crippen LogP contribution in [0.3, 0.4) is 0 Å². The number of allylic oxidation sites excluding steroid dienone is 12. The number of nitrogens with one attached hydrogen (secondary N) is 1. The molecule has 1 heterocycles. The lowest BCUT2D eigenvalue weighted by molar-refractivity contribution is 0.713. The molecular weight excluding hydrogens is 569 g/mol. The molecule has 0 amide bonds. The summed E-state index contributed by atoms with van der Waals surface area (Å²) in [4.78, 5) is 0. The van der Waals surface area contributed by atoms with Crippen LogP contribution in [-0.4, -0.2) is 0 Å². The van der Waals surface area contributed by atoms with Crippen molar-refractivity contribution < 1.29 is 0 Å². The van der Waals surface area contributed by atoms with Crippen LogP contribution < -0.4 is 11.1 Å². The molecule has 47 heavy (non-hydrogen) atoms. The second kappa shape index (κ2) is 18.8. The van der Waals surface area contributed by atoms with E-state index in [4.69, 9.17) is 5.73 Å². The number of hydrogen-bond donors (Lipinski definition) is 2. The fraction of sp³-hybridized carbons (Fsp3) is 0.200. The van der Waals surface area contributed by atoms with Crippen molar-refractivity contribution in [2.45, 2.75) is 60.4 Å². The van der Waals surface area contributed by atoms with Crippen molar-refractivity contribution in [3.63, 3.8) is 0 Å². The molecule has 3 aromatic carbocycles. The zero-order chi connectivity index (χ0) is 34.2. The van der Waals surface area contributed by atoms with E-state index in [9.17, 15) is 0 Å². The molecule has 2 nitrogen and oxygen atoms in total. The number of nitrogens with two attached hydrogens (primary N) is 1. The summed E-state index contributed by atoms with van der Waals surface area (Å²) in [5, 5.41) is 3.70. The van der Waals surface area contributed by atoms with E-state index in [0.717, 1.165) is 40.1 Å². The topological polar surface area (TPSA) is 38.0 Å². The van der Waals surface area contributed by atoms with E-state index in [1.165, 1.54) is 33.4 Å². The number of hydrogen-bond acceptors (Lipinski definition) is 2. The molecule has 0 bridgehead atoms. The SMILES string of the molecule is C=CC(=C)C\C=C(/C=C(N)/C(/C=C\CC)=C/C)c1ccc(-c2ccc(C3=CC(c4ccccc4)NC(/C(C)=C/C)=C3)cc2)cc1.CC. The van der Waals surface area contributed by atoms with Crippen LogP contribution in [0.25, 0.3) is 22.3 Å². The quantitative estimate of drug-likeness (QED) is 0.198. The molecule has 0 radical (unpaired) electrons. The van der Waals surface area contributed by atoms with E-state index >= 15 is 0 Å². The lowest BCUT2D eigenvalue weighted by atomic mass is 9.92. The molecule has 1 aliphatic rings. The summed E-state index contributed by atoms with van der Waals surface area (Å²) in [6.07, 6.45) is 20.7. The predicted molar refractivity (Wildman–Crippen MR) is 208 cm³/mol. The molecule has 0 fully saturated rings. The molecule has 0 spiro atoms. The van der Waals surface area contributed by atoms with Crippen LogP contribution in [0.4, 0.5) is 0 Å². The van der Waals surface area contributed by atoms with Gasteiger partial charge in [-0.05, 0) is 102 Å². The maximum atomic E-state index is 6.56.